The molecule has 0 aliphatic carbocycles. The molecule has 0 aliphatic rings. The SMILES string of the molecule is CCCCC(=O)CC(=O)O. The number of carbonyl (C=O) groups excluding carboxylic acids is 1. The van der Waals surface area contributed by atoms with Crippen molar-refractivity contribution in [2.24, 2.45) is 0 Å². The van der Waals surface area contributed by atoms with Crippen molar-refractivity contribution >= 4 is 11.8 Å². The summed E-state index contributed by atoms with van der Waals surface area (Å²) >= 11 is 0. The van der Waals surface area contributed by atoms with Gasteiger partial charge in [-0.1, -0.05) is 13.3 Å². The summed E-state index contributed by atoms with van der Waals surface area (Å²) in [5, 5.41) is 8.16. The van der Waals surface area contributed by atoms with Gasteiger partial charge < -0.3 is 5.11 Å². The fourth-order valence-electron chi connectivity index (χ4n) is 0.631. The molecule has 0 aliphatic heterocycles. The molecule has 0 aromatic heterocycles. The molecule has 0 amide bonds. The molecule has 3 nitrogen and oxygen atoms in total. The zero-order chi connectivity index (χ0) is 7.98. The van der Waals surface area contributed by atoms with Gasteiger partial charge in [0.2, 0.25) is 0 Å². The van der Waals surface area contributed by atoms with E-state index in [-0.39, 0.29) is 12.2 Å². The maximum atomic E-state index is 10.6. The fourth-order valence-corrected chi connectivity index (χ4v) is 0.631. The maximum absolute atomic E-state index is 10.6. The summed E-state index contributed by atoms with van der Waals surface area (Å²) in [4.78, 5) is 20.6. The van der Waals surface area contributed by atoms with Crippen molar-refractivity contribution in [3.63, 3.8) is 0 Å². The Bertz CT molecular complexity index is 129. The molecule has 0 radical (unpaired) electrons. The lowest BCUT2D eigenvalue weighted by Crippen LogP contribution is -2.05. The highest BCUT2D eigenvalue weighted by Gasteiger charge is 2.05. The number of hydrogen-bond donors (Lipinski definition) is 1. The number of Topliss-reactive ketones (excluding diaryl/α,β-unsaturated/α-hetero) is 1. The van der Waals surface area contributed by atoms with Gasteiger partial charge in [0.1, 0.15) is 12.2 Å². The number of carboxylic acids is 1. The van der Waals surface area contributed by atoms with Gasteiger partial charge in [0, 0.05) is 6.42 Å². The Balaban J connectivity index is 3.35. The van der Waals surface area contributed by atoms with Gasteiger partial charge in [0.05, 0.1) is 0 Å². The summed E-state index contributed by atoms with van der Waals surface area (Å²) in [5.74, 6) is -1.20. The van der Waals surface area contributed by atoms with Crippen LogP contribution in [0.15, 0.2) is 0 Å². The predicted octanol–water partition coefficient (Wildman–Crippen LogP) is 1.22. The molecule has 0 atom stereocenters. The summed E-state index contributed by atoms with van der Waals surface area (Å²) < 4.78 is 0. The Morgan fingerprint density at radius 1 is 1.40 bits per heavy atom. The van der Waals surface area contributed by atoms with E-state index >= 15 is 0 Å². The van der Waals surface area contributed by atoms with Crippen LogP contribution in [-0.2, 0) is 9.59 Å². The lowest BCUT2D eigenvalue weighted by molar-refractivity contribution is -0.140. The van der Waals surface area contributed by atoms with Crippen molar-refractivity contribution in [2.45, 2.75) is 32.6 Å². The van der Waals surface area contributed by atoms with Crippen LogP contribution in [0.25, 0.3) is 0 Å². The second kappa shape index (κ2) is 4.97. The second-order valence-electron chi connectivity index (χ2n) is 2.21. The first kappa shape index (κ1) is 9.14. The van der Waals surface area contributed by atoms with Gasteiger partial charge in [-0.3, -0.25) is 9.59 Å². The molecule has 0 rings (SSSR count). The van der Waals surface area contributed by atoms with Gasteiger partial charge in [0.15, 0.2) is 0 Å². The number of hydrogen-bond acceptors (Lipinski definition) is 2. The smallest absolute Gasteiger partial charge is 0.310 e. The molecule has 3 heteroatoms. The molecule has 1 N–H and O–H groups in total. The van der Waals surface area contributed by atoms with E-state index in [1.165, 1.54) is 0 Å². The Morgan fingerprint density at radius 2 is 2.00 bits per heavy atom. The van der Waals surface area contributed by atoms with Crippen LogP contribution in [-0.4, -0.2) is 16.9 Å². The van der Waals surface area contributed by atoms with Crippen molar-refractivity contribution in [3.8, 4) is 0 Å². The van der Waals surface area contributed by atoms with Gasteiger partial charge in [-0.05, 0) is 6.42 Å². The van der Waals surface area contributed by atoms with Crippen LogP contribution in [0.5, 0.6) is 0 Å². The molecule has 0 bridgehead atoms. The number of ketones is 1. The minimum Gasteiger partial charge on any atom is -0.481 e. The highest BCUT2D eigenvalue weighted by atomic mass is 16.4. The largest absolute Gasteiger partial charge is 0.481 e. The highest BCUT2D eigenvalue weighted by molar-refractivity contribution is 5.94. The first-order valence-corrected chi connectivity index (χ1v) is 3.40. The second-order valence-corrected chi connectivity index (χ2v) is 2.21. The first-order valence-electron chi connectivity index (χ1n) is 3.40. The van der Waals surface area contributed by atoms with Crippen LogP contribution in [0.1, 0.15) is 32.6 Å². The molecule has 0 aromatic rings. The molecule has 0 heterocycles. The average Bonchev–Trinajstić information content (AvgIpc) is 1.82. The molecule has 0 fully saturated rings. The predicted molar refractivity (Wildman–Crippen MR) is 36.8 cm³/mol. The monoisotopic (exact) mass is 144 g/mol. The van der Waals surface area contributed by atoms with Crippen molar-refractivity contribution < 1.29 is 14.7 Å². The topological polar surface area (TPSA) is 54.4 Å². The third kappa shape index (κ3) is 5.28. The highest BCUT2D eigenvalue weighted by Crippen LogP contribution is 1.97. The number of carbonyl (C=O) groups is 2. The van der Waals surface area contributed by atoms with Crippen LogP contribution in [0, 0.1) is 0 Å². The summed E-state index contributed by atoms with van der Waals surface area (Å²) in [5.41, 5.74) is 0. The Hall–Kier alpha value is -0.860. The molecular weight excluding hydrogens is 132 g/mol. The van der Waals surface area contributed by atoms with Gasteiger partial charge in [-0.25, -0.2) is 0 Å². The summed E-state index contributed by atoms with van der Waals surface area (Å²) in [6.07, 6.45) is 1.82. The Labute approximate surface area is 60.0 Å². The van der Waals surface area contributed by atoms with Gasteiger partial charge in [-0.15, -0.1) is 0 Å². The van der Waals surface area contributed by atoms with E-state index in [0.717, 1.165) is 12.8 Å². The van der Waals surface area contributed by atoms with Crippen molar-refractivity contribution in [3.05, 3.63) is 0 Å². The van der Waals surface area contributed by atoms with Gasteiger partial charge in [0.25, 0.3) is 0 Å². The zero-order valence-electron chi connectivity index (χ0n) is 6.09. The third-order valence-electron chi connectivity index (χ3n) is 1.16. The summed E-state index contributed by atoms with van der Waals surface area (Å²) in [7, 11) is 0. The molecule has 0 saturated carbocycles. The van der Waals surface area contributed by atoms with E-state index in [1.54, 1.807) is 0 Å². The van der Waals surface area contributed by atoms with Crippen LogP contribution in [0.3, 0.4) is 0 Å². The number of rotatable bonds is 5. The summed E-state index contributed by atoms with van der Waals surface area (Å²) in [6.45, 7) is 1.97. The quantitative estimate of drug-likeness (QED) is 0.590. The number of unbranched alkanes of at least 4 members (excludes halogenated alkanes) is 1. The van der Waals surface area contributed by atoms with Crippen LogP contribution in [0.2, 0.25) is 0 Å². The van der Waals surface area contributed by atoms with E-state index in [2.05, 4.69) is 0 Å². The lowest BCUT2D eigenvalue weighted by atomic mass is 10.1. The normalized spacial score (nSPS) is 9.30. The van der Waals surface area contributed by atoms with Crippen LogP contribution in [0.4, 0.5) is 0 Å². The van der Waals surface area contributed by atoms with Crippen LogP contribution < -0.4 is 0 Å². The van der Waals surface area contributed by atoms with Gasteiger partial charge in [-0.2, -0.15) is 0 Å². The molecule has 58 valence electrons. The maximum Gasteiger partial charge on any atom is 0.310 e. The van der Waals surface area contributed by atoms with E-state index in [0.29, 0.717) is 6.42 Å². The van der Waals surface area contributed by atoms with Crippen molar-refractivity contribution in [1.29, 1.82) is 0 Å². The number of carboxylic acid groups (broad SMARTS) is 1. The molecular formula is C7H12O3. The minimum absolute atomic E-state index is 0.172. The zero-order valence-corrected chi connectivity index (χ0v) is 6.09. The summed E-state index contributed by atoms with van der Waals surface area (Å²) in [6, 6.07) is 0. The fraction of sp³-hybridized carbons (Fsp3) is 0.714. The molecule has 0 saturated heterocycles. The van der Waals surface area contributed by atoms with Crippen molar-refractivity contribution in [2.75, 3.05) is 0 Å². The minimum atomic E-state index is -1.03. The first-order chi connectivity index (χ1) is 4.66. The van der Waals surface area contributed by atoms with Crippen molar-refractivity contribution in [1.82, 2.24) is 0 Å². The average molecular weight is 144 g/mol. The lowest BCUT2D eigenvalue weighted by Gasteiger charge is -1.93. The molecule has 0 spiro atoms. The Kier molecular flexibility index (Phi) is 4.54. The number of aliphatic carboxylic acids is 1. The molecule has 0 unspecified atom stereocenters. The molecule has 0 aromatic carbocycles. The van der Waals surface area contributed by atoms with E-state index in [4.69, 9.17) is 5.11 Å². The molecule has 10 heavy (non-hydrogen) atoms. The van der Waals surface area contributed by atoms with E-state index in [9.17, 15) is 9.59 Å². The Morgan fingerprint density at radius 3 is 2.40 bits per heavy atom. The van der Waals surface area contributed by atoms with Crippen LogP contribution >= 0.6 is 0 Å². The third-order valence-corrected chi connectivity index (χ3v) is 1.16. The van der Waals surface area contributed by atoms with Gasteiger partial charge >= 0.3 is 5.97 Å². The van der Waals surface area contributed by atoms with E-state index in [1.807, 2.05) is 6.92 Å². The van der Waals surface area contributed by atoms with E-state index < -0.39 is 5.97 Å². The standard InChI is InChI=1S/C7H12O3/c1-2-3-4-6(8)5-7(9)10/h2-5H2,1H3,(H,9,10).